The summed E-state index contributed by atoms with van der Waals surface area (Å²) in [7, 11) is -0.136. The van der Waals surface area contributed by atoms with Gasteiger partial charge in [0.05, 0.1) is 0 Å². The molecule has 5 heteroatoms. The van der Waals surface area contributed by atoms with Crippen molar-refractivity contribution in [3.8, 4) is 0 Å². The van der Waals surface area contributed by atoms with Crippen LogP contribution in [-0.4, -0.2) is 20.5 Å². The van der Waals surface area contributed by atoms with E-state index in [-0.39, 0.29) is 59.8 Å². The predicted molar refractivity (Wildman–Crippen MR) is 79.6 cm³/mol. The molecule has 0 atom stereocenters. The van der Waals surface area contributed by atoms with Gasteiger partial charge in [0.25, 0.3) is 0 Å². The molecule has 0 fully saturated rings. The Bertz CT molecular complexity index is 346. The summed E-state index contributed by atoms with van der Waals surface area (Å²) in [5, 5.41) is 8.26. The molecule has 0 aromatic carbocycles. The van der Waals surface area contributed by atoms with Crippen LogP contribution in [0.3, 0.4) is 0 Å². The molecule has 1 radical (unpaired) electrons. The monoisotopic (exact) mass is 419 g/mol. The molecule has 1 nitrogen and oxygen atoms in total. The van der Waals surface area contributed by atoms with E-state index >= 15 is 0 Å². The van der Waals surface area contributed by atoms with E-state index in [1.54, 1.807) is 0 Å². The molecule has 2 aliphatic rings. The molecular formula is C16H23Cl2OSiZr. The Morgan fingerprint density at radius 1 is 1.10 bits per heavy atom. The van der Waals surface area contributed by atoms with Crippen molar-refractivity contribution in [3.63, 3.8) is 0 Å². The van der Waals surface area contributed by atoms with Gasteiger partial charge in [-0.1, -0.05) is 25.9 Å². The normalized spacial score (nSPS) is 14.6. The smallest absolute Gasteiger partial charge is 1.00 e. The first kappa shape index (κ1) is 26.5. The molecule has 2 aliphatic carbocycles. The van der Waals surface area contributed by atoms with Crippen molar-refractivity contribution in [1.29, 1.82) is 0 Å². The Balaban J connectivity index is -0.000000320. The van der Waals surface area contributed by atoms with E-state index in [0.717, 1.165) is 18.9 Å². The van der Waals surface area contributed by atoms with Gasteiger partial charge in [-0.2, -0.15) is 12.2 Å². The van der Waals surface area contributed by atoms with E-state index in [9.17, 15) is 0 Å². The average molecular weight is 422 g/mol. The van der Waals surface area contributed by atoms with Gasteiger partial charge >= 0.3 is 26.2 Å². The number of aliphatic hydroxyl groups is 1. The second-order valence-electron chi connectivity index (χ2n) is 4.88. The predicted octanol–water partition coefficient (Wildman–Crippen LogP) is -2.26. The van der Waals surface area contributed by atoms with E-state index in [1.165, 1.54) is 11.1 Å². The van der Waals surface area contributed by atoms with Gasteiger partial charge < -0.3 is 29.9 Å². The second kappa shape index (κ2) is 15.5. The van der Waals surface area contributed by atoms with Gasteiger partial charge in [0.2, 0.25) is 0 Å². The Morgan fingerprint density at radius 3 is 1.71 bits per heavy atom. The Labute approximate surface area is 163 Å². The fourth-order valence-corrected chi connectivity index (χ4v) is 2.28. The zero-order chi connectivity index (χ0) is 13.4. The van der Waals surface area contributed by atoms with Crippen LogP contribution >= 0.6 is 0 Å². The molecule has 21 heavy (non-hydrogen) atoms. The largest absolute Gasteiger partial charge is 4.00 e. The molecule has 0 saturated heterocycles. The first-order valence-corrected chi connectivity index (χ1v) is 9.30. The van der Waals surface area contributed by atoms with Gasteiger partial charge in [0, 0.05) is 15.4 Å². The quantitative estimate of drug-likeness (QED) is 0.401. The van der Waals surface area contributed by atoms with Crippen LogP contribution in [0.5, 0.6) is 0 Å². The maximum absolute atomic E-state index is 8.26. The SMILES string of the molecule is CC(C1=[C-]CC=C1)C1=[C-]CC=C1.C[Si](C)CCO.[Cl-].[Cl-].[Zr+4]. The first-order chi connectivity index (χ1) is 8.65. The summed E-state index contributed by atoms with van der Waals surface area (Å²) in [5.74, 6) is 0.488. The molecule has 115 valence electrons. The summed E-state index contributed by atoms with van der Waals surface area (Å²) in [6.07, 6.45) is 17.3. The third-order valence-corrected chi connectivity index (χ3v) is 4.21. The summed E-state index contributed by atoms with van der Waals surface area (Å²) in [4.78, 5) is 0. The zero-order valence-electron chi connectivity index (χ0n) is 12.9. The molecule has 0 amide bonds. The van der Waals surface area contributed by atoms with E-state index in [0.29, 0.717) is 12.5 Å². The van der Waals surface area contributed by atoms with Gasteiger partial charge in [-0.3, -0.25) is 12.2 Å². The maximum atomic E-state index is 8.26. The average Bonchev–Trinajstić information content (AvgIpc) is 3.03. The van der Waals surface area contributed by atoms with Crippen LogP contribution in [0.2, 0.25) is 19.1 Å². The van der Waals surface area contributed by atoms with Crippen molar-refractivity contribution >= 4 is 8.80 Å². The van der Waals surface area contributed by atoms with Crippen LogP contribution in [0.1, 0.15) is 19.8 Å². The van der Waals surface area contributed by atoms with Gasteiger partial charge in [-0.05, 0) is 6.04 Å². The summed E-state index contributed by atoms with van der Waals surface area (Å²) in [5.41, 5.74) is 2.65. The molecule has 0 aromatic heterocycles. The zero-order valence-corrected chi connectivity index (χ0v) is 17.9. The van der Waals surface area contributed by atoms with Crippen LogP contribution in [0, 0.1) is 18.1 Å². The van der Waals surface area contributed by atoms with E-state index in [2.05, 4.69) is 56.5 Å². The van der Waals surface area contributed by atoms with Crippen LogP contribution in [-0.2, 0) is 26.2 Å². The molecule has 0 spiro atoms. The number of allylic oxidation sites excluding steroid dienone is 8. The summed E-state index contributed by atoms with van der Waals surface area (Å²) < 4.78 is 0. The number of aliphatic hydroxyl groups excluding tert-OH is 1. The summed E-state index contributed by atoms with van der Waals surface area (Å²) >= 11 is 0. The van der Waals surface area contributed by atoms with Crippen molar-refractivity contribution in [2.45, 2.75) is 38.9 Å². The molecule has 0 bridgehead atoms. The standard InChI is InChI=1S/C12H12.C4H11OSi.2ClH.Zr/c1-10(11-6-2-3-7-11)12-8-4-5-9-12;1-6(2)4-3-5;;;/h2,4,6,8,10H,3,5H2,1H3;5H,3-4H2,1-2H3;2*1H;/q-2;;;;+4/p-2. The van der Waals surface area contributed by atoms with Crippen molar-refractivity contribution in [2.24, 2.45) is 5.92 Å². The minimum absolute atomic E-state index is 0. The molecule has 0 saturated carbocycles. The Morgan fingerprint density at radius 2 is 1.52 bits per heavy atom. The first-order valence-electron chi connectivity index (χ1n) is 6.59. The summed E-state index contributed by atoms with van der Waals surface area (Å²) in [6, 6.07) is 1.03. The van der Waals surface area contributed by atoms with E-state index in [1.807, 2.05) is 0 Å². The van der Waals surface area contributed by atoms with Crippen molar-refractivity contribution in [3.05, 3.63) is 47.6 Å². The van der Waals surface area contributed by atoms with Crippen molar-refractivity contribution in [1.82, 2.24) is 0 Å². The van der Waals surface area contributed by atoms with E-state index < -0.39 is 0 Å². The minimum Gasteiger partial charge on any atom is -1.00 e. The van der Waals surface area contributed by atoms with Gasteiger partial charge in [0.15, 0.2) is 0 Å². The van der Waals surface area contributed by atoms with Crippen LogP contribution in [0.15, 0.2) is 35.5 Å². The Kier molecular flexibility index (Phi) is 19.5. The molecule has 0 aromatic rings. The topological polar surface area (TPSA) is 20.2 Å². The summed E-state index contributed by atoms with van der Waals surface area (Å²) in [6.45, 7) is 6.99. The van der Waals surface area contributed by atoms with Crippen LogP contribution in [0.25, 0.3) is 0 Å². The van der Waals surface area contributed by atoms with Crippen LogP contribution < -0.4 is 24.8 Å². The number of hydrogen-bond donors (Lipinski definition) is 1. The van der Waals surface area contributed by atoms with Gasteiger partial charge in [-0.15, -0.1) is 12.8 Å². The fourth-order valence-electron chi connectivity index (χ4n) is 1.83. The van der Waals surface area contributed by atoms with Crippen molar-refractivity contribution in [2.75, 3.05) is 6.61 Å². The molecular weight excluding hydrogens is 398 g/mol. The van der Waals surface area contributed by atoms with Gasteiger partial charge in [-0.25, -0.2) is 23.3 Å². The molecule has 0 unspecified atom stereocenters. The second-order valence-corrected chi connectivity index (χ2v) is 7.79. The third-order valence-electron chi connectivity index (χ3n) is 2.99. The molecule has 1 N–H and O–H groups in total. The van der Waals surface area contributed by atoms with Gasteiger partial charge in [0.1, 0.15) is 0 Å². The number of hydrogen-bond acceptors (Lipinski definition) is 1. The van der Waals surface area contributed by atoms with Crippen LogP contribution in [0.4, 0.5) is 0 Å². The minimum atomic E-state index is -0.136. The molecule has 0 aliphatic heterocycles. The fraction of sp³-hybridized carbons (Fsp3) is 0.500. The number of halogens is 2. The molecule has 0 heterocycles. The van der Waals surface area contributed by atoms with E-state index in [4.69, 9.17) is 5.11 Å². The maximum Gasteiger partial charge on any atom is 4.00 e. The Hall–Kier alpha value is 0.600. The number of rotatable bonds is 4. The van der Waals surface area contributed by atoms with Crippen molar-refractivity contribution < 1.29 is 56.1 Å². The molecule has 2 rings (SSSR count). The third kappa shape index (κ3) is 10.9.